The van der Waals surface area contributed by atoms with Crippen LogP contribution in [0.4, 0.5) is 26.3 Å². The molecule has 0 spiro atoms. The molecular formula is C13H17F6IO. The molecule has 0 aromatic rings. The Morgan fingerprint density at radius 3 is 1.76 bits per heavy atom. The summed E-state index contributed by atoms with van der Waals surface area (Å²) in [5.41, 5.74) is -4.59. The van der Waals surface area contributed by atoms with Crippen LogP contribution in [0.3, 0.4) is 0 Å². The molecule has 0 saturated heterocycles. The number of rotatable bonds is 1. The molecule has 0 amide bonds. The van der Waals surface area contributed by atoms with Gasteiger partial charge in [0.05, 0.1) is 0 Å². The SMILES string of the molecule is OC(C1CCCC2C(I)CCCC21)(C(F)(F)F)C(F)(F)F. The van der Waals surface area contributed by atoms with Gasteiger partial charge < -0.3 is 5.11 Å². The molecule has 4 atom stereocenters. The molecular weight excluding hydrogens is 413 g/mol. The van der Waals surface area contributed by atoms with Gasteiger partial charge in [0.25, 0.3) is 5.60 Å². The molecule has 21 heavy (non-hydrogen) atoms. The van der Waals surface area contributed by atoms with Gasteiger partial charge in [-0.25, -0.2) is 0 Å². The summed E-state index contributed by atoms with van der Waals surface area (Å²) >= 11 is 2.13. The van der Waals surface area contributed by atoms with Gasteiger partial charge in [0.2, 0.25) is 0 Å². The number of hydrogen-bond acceptors (Lipinski definition) is 1. The molecule has 0 radical (unpaired) electrons. The molecule has 0 aliphatic heterocycles. The van der Waals surface area contributed by atoms with Gasteiger partial charge in [-0.15, -0.1) is 0 Å². The number of hydrogen-bond donors (Lipinski definition) is 1. The lowest BCUT2D eigenvalue weighted by Gasteiger charge is -2.50. The van der Waals surface area contributed by atoms with E-state index in [-0.39, 0.29) is 16.3 Å². The quantitative estimate of drug-likeness (QED) is 0.358. The first-order chi connectivity index (χ1) is 9.50. The molecule has 2 saturated carbocycles. The molecule has 1 nitrogen and oxygen atoms in total. The Balaban J connectivity index is 2.40. The molecule has 2 aliphatic rings. The van der Waals surface area contributed by atoms with Crippen molar-refractivity contribution < 1.29 is 31.4 Å². The fourth-order valence-electron chi connectivity index (χ4n) is 4.03. The van der Waals surface area contributed by atoms with E-state index in [1.165, 1.54) is 0 Å². The summed E-state index contributed by atoms with van der Waals surface area (Å²) in [5.74, 6) is -2.65. The first-order valence-corrected chi connectivity index (χ1v) is 8.24. The summed E-state index contributed by atoms with van der Waals surface area (Å²) in [4.78, 5) is 0. The van der Waals surface area contributed by atoms with Gasteiger partial charge >= 0.3 is 12.4 Å². The Morgan fingerprint density at radius 2 is 1.24 bits per heavy atom. The van der Waals surface area contributed by atoms with Crippen LogP contribution >= 0.6 is 22.6 Å². The van der Waals surface area contributed by atoms with E-state index < -0.39 is 29.8 Å². The summed E-state index contributed by atoms with van der Waals surface area (Å²) in [6, 6.07) is 0. The topological polar surface area (TPSA) is 20.2 Å². The third-order valence-electron chi connectivity index (χ3n) is 5.00. The first kappa shape index (κ1) is 17.6. The van der Waals surface area contributed by atoms with Crippen LogP contribution in [-0.2, 0) is 0 Å². The van der Waals surface area contributed by atoms with Crippen molar-refractivity contribution in [3.8, 4) is 0 Å². The van der Waals surface area contributed by atoms with Crippen LogP contribution in [0.15, 0.2) is 0 Å². The van der Waals surface area contributed by atoms with Crippen molar-refractivity contribution in [2.45, 2.75) is 60.4 Å². The van der Waals surface area contributed by atoms with E-state index in [1.54, 1.807) is 0 Å². The molecule has 1 N–H and O–H groups in total. The molecule has 0 heterocycles. The zero-order chi connectivity index (χ0) is 16.1. The molecule has 8 heteroatoms. The third kappa shape index (κ3) is 2.90. The van der Waals surface area contributed by atoms with Crippen LogP contribution in [-0.4, -0.2) is 27.0 Å². The molecule has 0 aromatic heterocycles. The highest BCUT2D eigenvalue weighted by atomic mass is 127. The highest BCUT2D eigenvalue weighted by Gasteiger charge is 2.75. The zero-order valence-corrected chi connectivity index (χ0v) is 13.3. The maximum Gasteiger partial charge on any atom is 0.426 e. The fourth-order valence-corrected chi connectivity index (χ4v) is 5.36. The van der Waals surface area contributed by atoms with Crippen LogP contribution in [0.1, 0.15) is 38.5 Å². The van der Waals surface area contributed by atoms with Gasteiger partial charge in [0.15, 0.2) is 0 Å². The van der Waals surface area contributed by atoms with Gasteiger partial charge in [-0.05, 0) is 37.5 Å². The monoisotopic (exact) mass is 430 g/mol. The van der Waals surface area contributed by atoms with Crippen molar-refractivity contribution >= 4 is 22.6 Å². The minimum absolute atomic E-state index is 0.0925. The Labute approximate surface area is 132 Å². The van der Waals surface area contributed by atoms with Crippen LogP contribution in [0.25, 0.3) is 0 Å². The van der Waals surface area contributed by atoms with E-state index in [0.717, 1.165) is 6.42 Å². The van der Waals surface area contributed by atoms with Crippen molar-refractivity contribution in [1.82, 2.24) is 0 Å². The number of alkyl halides is 7. The van der Waals surface area contributed by atoms with Crippen molar-refractivity contribution in [3.63, 3.8) is 0 Å². The van der Waals surface area contributed by atoms with E-state index in [2.05, 4.69) is 22.6 Å². The smallest absolute Gasteiger partial charge is 0.373 e. The maximum absolute atomic E-state index is 13.1. The molecule has 4 unspecified atom stereocenters. The van der Waals surface area contributed by atoms with Gasteiger partial charge in [0, 0.05) is 9.84 Å². The molecule has 2 fully saturated rings. The van der Waals surface area contributed by atoms with Crippen molar-refractivity contribution in [3.05, 3.63) is 0 Å². The largest absolute Gasteiger partial charge is 0.426 e. The predicted molar refractivity (Wildman–Crippen MR) is 73.0 cm³/mol. The Kier molecular flexibility index (Phi) is 4.80. The molecule has 0 bridgehead atoms. The van der Waals surface area contributed by atoms with Crippen LogP contribution in [0.5, 0.6) is 0 Å². The summed E-state index contributed by atoms with van der Waals surface area (Å²) < 4.78 is 78.5. The lowest BCUT2D eigenvalue weighted by molar-refractivity contribution is -0.393. The van der Waals surface area contributed by atoms with Gasteiger partial charge in [-0.2, -0.15) is 26.3 Å². The minimum Gasteiger partial charge on any atom is -0.373 e. The van der Waals surface area contributed by atoms with E-state index in [9.17, 15) is 31.4 Å². The van der Waals surface area contributed by atoms with Gasteiger partial charge in [0.1, 0.15) is 0 Å². The number of halogens is 7. The fraction of sp³-hybridized carbons (Fsp3) is 1.00. The van der Waals surface area contributed by atoms with Crippen molar-refractivity contribution in [2.24, 2.45) is 17.8 Å². The minimum atomic E-state index is -5.70. The van der Waals surface area contributed by atoms with Crippen LogP contribution in [0.2, 0.25) is 0 Å². The van der Waals surface area contributed by atoms with Crippen molar-refractivity contribution in [2.75, 3.05) is 0 Å². The number of aliphatic hydroxyl groups is 1. The average molecular weight is 430 g/mol. The van der Waals surface area contributed by atoms with E-state index >= 15 is 0 Å². The van der Waals surface area contributed by atoms with E-state index in [0.29, 0.717) is 25.7 Å². The first-order valence-electron chi connectivity index (χ1n) is 7.00. The van der Waals surface area contributed by atoms with Gasteiger partial charge in [-0.1, -0.05) is 35.4 Å². The summed E-state index contributed by atoms with van der Waals surface area (Å²) in [7, 11) is 0. The lowest BCUT2D eigenvalue weighted by atomic mass is 9.60. The van der Waals surface area contributed by atoms with Gasteiger partial charge in [-0.3, -0.25) is 0 Å². The standard InChI is InChI=1S/C13H17F6IO/c14-12(15,16)11(21,13(17,18)19)9-5-1-4-8-7(9)3-2-6-10(8)20/h7-10,21H,1-6H2. The Bertz CT molecular complexity index is 366. The summed E-state index contributed by atoms with van der Waals surface area (Å²) in [6.07, 6.45) is -8.88. The second-order valence-corrected chi connectivity index (χ2v) is 7.67. The predicted octanol–water partition coefficient (Wildman–Crippen LogP) is 4.86. The lowest BCUT2D eigenvalue weighted by Crippen LogP contribution is -2.64. The number of fused-ring (bicyclic) bond motifs is 1. The summed E-state index contributed by atoms with van der Waals surface area (Å²) in [6.45, 7) is 0. The van der Waals surface area contributed by atoms with Crippen LogP contribution < -0.4 is 0 Å². The second kappa shape index (κ2) is 5.72. The third-order valence-corrected chi connectivity index (χ3v) is 6.55. The summed E-state index contributed by atoms with van der Waals surface area (Å²) in [5, 5.41) is 9.68. The molecule has 2 rings (SSSR count). The normalized spacial score (nSPS) is 35.4. The highest BCUT2D eigenvalue weighted by molar-refractivity contribution is 14.1. The Morgan fingerprint density at radius 1 is 0.762 bits per heavy atom. The molecule has 2 aliphatic carbocycles. The average Bonchev–Trinajstić information content (AvgIpc) is 2.35. The van der Waals surface area contributed by atoms with Crippen molar-refractivity contribution in [1.29, 1.82) is 0 Å². The second-order valence-electron chi connectivity index (χ2n) is 6.07. The highest BCUT2D eigenvalue weighted by Crippen LogP contribution is 2.57. The Hall–Kier alpha value is 0.270. The molecule has 124 valence electrons. The zero-order valence-electron chi connectivity index (χ0n) is 11.1. The maximum atomic E-state index is 13.1. The van der Waals surface area contributed by atoms with E-state index in [4.69, 9.17) is 0 Å². The molecule has 0 aromatic carbocycles. The van der Waals surface area contributed by atoms with E-state index in [1.807, 2.05) is 0 Å². The van der Waals surface area contributed by atoms with Crippen LogP contribution in [0, 0.1) is 17.8 Å².